The average Bonchev–Trinajstić information content (AvgIpc) is 3.00. The van der Waals surface area contributed by atoms with E-state index in [4.69, 9.17) is 5.11 Å². The smallest absolute Gasteiger partial charge is 0.319 e. The van der Waals surface area contributed by atoms with Gasteiger partial charge in [0.15, 0.2) is 5.82 Å². The van der Waals surface area contributed by atoms with Gasteiger partial charge < -0.3 is 20.3 Å². The second-order valence-corrected chi connectivity index (χ2v) is 4.86. The van der Waals surface area contributed by atoms with Gasteiger partial charge >= 0.3 is 12.0 Å². The Kier molecular flexibility index (Phi) is 5.67. The Morgan fingerprint density at radius 3 is 2.83 bits per heavy atom. The van der Waals surface area contributed by atoms with Crippen LogP contribution in [0.5, 0.6) is 0 Å². The van der Waals surface area contributed by atoms with Crippen molar-refractivity contribution in [1.82, 2.24) is 20.1 Å². The summed E-state index contributed by atoms with van der Waals surface area (Å²) in [6.07, 6.45) is 2.04. The number of aryl methyl sites for hydroxylation is 1. The van der Waals surface area contributed by atoms with Crippen LogP contribution in [-0.2, 0) is 11.3 Å². The zero-order chi connectivity index (χ0) is 16.7. The second kappa shape index (κ2) is 7.92. The number of carboxylic acid groups (broad SMARTS) is 1. The Bertz CT molecular complexity index is 683. The van der Waals surface area contributed by atoms with Crippen molar-refractivity contribution in [3.8, 4) is 11.4 Å². The van der Waals surface area contributed by atoms with E-state index in [0.29, 0.717) is 24.5 Å². The van der Waals surface area contributed by atoms with Gasteiger partial charge in [0.25, 0.3) is 0 Å². The highest BCUT2D eigenvalue weighted by Crippen LogP contribution is 2.25. The highest BCUT2D eigenvalue weighted by Gasteiger charge is 2.12. The number of carboxylic acids is 1. The summed E-state index contributed by atoms with van der Waals surface area (Å²) in [5.41, 5.74) is 1.39. The summed E-state index contributed by atoms with van der Waals surface area (Å²) in [6, 6.07) is 6.93. The average molecular weight is 317 g/mol. The first-order valence-electron chi connectivity index (χ1n) is 7.35. The lowest BCUT2D eigenvalue weighted by molar-refractivity contribution is -0.137. The molecule has 0 unspecified atom stereocenters. The first kappa shape index (κ1) is 16.5. The van der Waals surface area contributed by atoms with E-state index in [2.05, 4.69) is 20.8 Å². The standard InChI is InChI=1S/C15H19N5O3/c1-2-20-10-17-19-14(20)11-6-3-4-7-12(11)18-15(23)16-9-5-8-13(21)22/h3-4,6-7,10H,2,5,8-9H2,1H3,(H,21,22)(H2,16,18,23). The fourth-order valence-electron chi connectivity index (χ4n) is 2.09. The number of urea groups is 1. The number of anilines is 1. The minimum Gasteiger partial charge on any atom is -0.481 e. The summed E-state index contributed by atoms with van der Waals surface area (Å²) in [4.78, 5) is 22.3. The summed E-state index contributed by atoms with van der Waals surface area (Å²) in [6.45, 7) is 3.00. The van der Waals surface area contributed by atoms with Crippen molar-refractivity contribution in [3.63, 3.8) is 0 Å². The van der Waals surface area contributed by atoms with Gasteiger partial charge in [0.05, 0.1) is 5.69 Å². The van der Waals surface area contributed by atoms with Crippen LogP contribution in [0.15, 0.2) is 30.6 Å². The Morgan fingerprint density at radius 2 is 2.09 bits per heavy atom. The van der Waals surface area contributed by atoms with E-state index >= 15 is 0 Å². The minimum atomic E-state index is -0.878. The van der Waals surface area contributed by atoms with Crippen LogP contribution < -0.4 is 10.6 Å². The van der Waals surface area contributed by atoms with Crippen LogP contribution in [0.1, 0.15) is 19.8 Å². The third kappa shape index (κ3) is 4.53. The van der Waals surface area contributed by atoms with Crippen molar-refractivity contribution in [2.75, 3.05) is 11.9 Å². The second-order valence-electron chi connectivity index (χ2n) is 4.86. The van der Waals surface area contributed by atoms with Crippen LogP contribution in [0.3, 0.4) is 0 Å². The molecule has 2 rings (SSSR count). The Hall–Kier alpha value is -2.90. The molecule has 0 saturated carbocycles. The van der Waals surface area contributed by atoms with Crippen LogP contribution in [0.25, 0.3) is 11.4 Å². The largest absolute Gasteiger partial charge is 0.481 e. The maximum atomic E-state index is 11.9. The topological polar surface area (TPSA) is 109 Å². The molecule has 0 spiro atoms. The molecule has 0 atom stereocenters. The van der Waals surface area contributed by atoms with E-state index in [-0.39, 0.29) is 12.5 Å². The molecule has 0 aliphatic carbocycles. The molecule has 1 aromatic carbocycles. The van der Waals surface area contributed by atoms with Crippen molar-refractivity contribution in [1.29, 1.82) is 0 Å². The molecule has 122 valence electrons. The number of aliphatic carboxylic acids is 1. The molecule has 0 fully saturated rings. The van der Waals surface area contributed by atoms with Gasteiger partial charge in [-0.05, 0) is 25.5 Å². The summed E-state index contributed by atoms with van der Waals surface area (Å²) in [5.74, 6) is -0.203. The fraction of sp³-hybridized carbons (Fsp3) is 0.333. The van der Waals surface area contributed by atoms with E-state index in [1.165, 1.54) is 0 Å². The molecule has 3 N–H and O–H groups in total. The molecule has 8 heteroatoms. The van der Waals surface area contributed by atoms with Gasteiger partial charge in [-0.3, -0.25) is 4.79 Å². The molecule has 23 heavy (non-hydrogen) atoms. The van der Waals surface area contributed by atoms with Crippen LogP contribution in [0, 0.1) is 0 Å². The summed E-state index contributed by atoms with van der Waals surface area (Å²) >= 11 is 0. The van der Waals surface area contributed by atoms with Gasteiger partial charge in [-0.25, -0.2) is 4.79 Å². The number of hydrogen-bond acceptors (Lipinski definition) is 4. The number of aromatic nitrogens is 3. The third-order valence-electron chi connectivity index (χ3n) is 3.23. The van der Waals surface area contributed by atoms with Gasteiger partial charge in [-0.2, -0.15) is 0 Å². The molecule has 0 aliphatic heterocycles. The van der Waals surface area contributed by atoms with Crippen molar-refractivity contribution >= 4 is 17.7 Å². The number of amides is 2. The molecule has 0 aliphatic rings. The lowest BCUT2D eigenvalue weighted by atomic mass is 10.1. The molecule has 0 radical (unpaired) electrons. The number of benzene rings is 1. The molecule has 0 saturated heterocycles. The Balaban J connectivity index is 2.03. The van der Waals surface area contributed by atoms with Crippen molar-refractivity contribution in [2.24, 2.45) is 0 Å². The molecule has 8 nitrogen and oxygen atoms in total. The summed E-state index contributed by atoms with van der Waals surface area (Å²) in [5, 5.41) is 21.9. The maximum Gasteiger partial charge on any atom is 0.319 e. The molecular formula is C15H19N5O3. The normalized spacial score (nSPS) is 10.3. The number of nitrogens with zero attached hydrogens (tertiary/aromatic N) is 3. The zero-order valence-corrected chi connectivity index (χ0v) is 12.8. The van der Waals surface area contributed by atoms with Crippen LogP contribution in [0.4, 0.5) is 10.5 Å². The predicted molar refractivity (Wildman–Crippen MR) is 85.0 cm³/mol. The lowest BCUT2D eigenvalue weighted by Gasteiger charge is -2.12. The molecule has 2 aromatic rings. The van der Waals surface area contributed by atoms with Gasteiger partial charge in [0.1, 0.15) is 6.33 Å². The van der Waals surface area contributed by atoms with Crippen molar-refractivity contribution in [2.45, 2.75) is 26.3 Å². The maximum absolute atomic E-state index is 11.9. The summed E-state index contributed by atoms with van der Waals surface area (Å²) < 4.78 is 1.88. The fourth-order valence-corrected chi connectivity index (χ4v) is 2.09. The quantitative estimate of drug-likeness (QED) is 0.676. The van der Waals surface area contributed by atoms with Gasteiger partial charge in [0, 0.05) is 25.1 Å². The number of para-hydroxylation sites is 1. The Morgan fingerprint density at radius 1 is 1.30 bits per heavy atom. The van der Waals surface area contributed by atoms with Gasteiger partial charge in [-0.15, -0.1) is 10.2 Å². The van der Waals surface area contributed by atoms with E-state index in [1.807, 2.05) is 29.7 Å². The number of carbonyl (C=O) groups is 2. The lowest BCUT2D eigenvalue weighted by Crippen LogP contribution is -2.30. The van der Waals surface area contributed by atoms with E-state index in [0.717, 1.165) is 12.1 Å². The van der Waals surface area contributed by atoms with Crippen LogP contribution >= 0.6 is 0 Å². The summed E-state index contributed by atoms with van der Waals surface area (Å²) in [7, 11) is 0. The molecule has 1 heterocycles. The SMILES string of the molecule is CCn1cnnc1-c1ccccc1NC(=O)NCCCC(=O)O. The molecule has 0 bridgehead atoms. The Labute approximate surface area is 133 Å². The van der Waals surface area contributed by atoms with Crippen molar-refractivity contribution in [3.05, 3.63) is 30.6 Å². The molecule has 1 aromatic heterocycles. The van der Waals surface area contributed by atoms with Crippen molar-refractivity contribution < 1.29 is 14.7 Å². The molecular weight excluding hydrogens is 298 g/mol. The third-order valence-corrected chi connectivity index (χ3v) is 3.23. The van der Waals surface area contributed by atoms with Gasteiger partial charge in [0.2, 0.25) is 0 Å². The monoisotopic (exact) mass is 317 g/mol. The van der Waals surface area contributed by atoms with Crippen LogP contribution in [0.2, 0.25) is 0 Å². The highest BCUT2D eigenvalue weighted by molar-refractivity contribution is 5.93. The molecule has 2 amide bonds. The van der Waals surface area contributed by atoms with E-state index < -0.39 is 5.97 Å². The van der Waals surface area contributed by atoms with Gasteiger partial charge in [-0.1, -0.05) is 12.1 Å². The van der Waals surface area contributed by atoms with Crippen LogP contribution in [-0.4, -0.2) is 38.4 Å². The zero-order valence-electron chi connectivity index (χ0n) is 12.8. The first-order chi connectivity index (χ1) is 11.1. The highest BCUT2D eigenvalue weighted by atomic mass is 16.4. The van der Waals surface area contributed by atoms with E-state index in [1.54, 1.807) is 12.4 Å². The number of carbonyl (C=O) groups excluding carboxylic acids is 1. The number of nitrogens with one attached hydrogen (secondary N) is 2. The minimum absolute atomic E-state index is 0.0243. The van der Waals surface area contributed by atoms with E-state index in [9.17, 15) is 9.59 Å². The number of hydrogen-bond donors (Lipinski definition) is 3. The first-order valence-corrected chi connectivity index (χ1v) is 7.35. The number of rotatable bonds is 7. The predicted octanol–water partition coefficient (Wildman–Crippen LogP) is 1.95.